The Morgan fingerprint density at radius 1 is 1.24 bits per heavy atom. The zero-order valence-corrected chi connectivity index (χ0v) is 13.3. The molecule has 0 aromatic heterocycles. The number of rotatable bonds is 6. The Balaban J connectivity index is 2.14. The van der Waals surface area contributed by atoms with Crippen LogP contribution < -0.4 is 4.74 Å². The molecule has 0 fully saturated rings. The summed E-state index contributed by atoms with van der Waals surface area (Å²) in [5.74, 6) is -0.0610. The Morgan fingerprint density at radius 2 is 1.95 bits per heavy atom. The second-order valence-corrected chi connectivity index (χ2v) is 5.42. The summed E-state index contributed by atoms with van der Waals surface area (Å²) in [4.78, 5) is 11.5. The van der Waals surface area contributed by atoms with Crippen molar-refractivity contribution in [3.63, 3.8) is 0 Å². The highest BCUT2D eigenvalue weighted by Gasteiger charge is 2.14. The largest absolute Gasteiger partial charge is 0.492 e. The molecule has 0 spiro atoms. The molecule has 2 nitrogen and oxygen atoms in total. The highest BCUT2D eigenvalue weighted by molar-refractivity contribution is 9.09. The van der Waals surface area contributed by atoms with E-state index in [9.17, 15) is 9.18 Å². The summed E-state index contributed by atoms with van der Waals surface area (Å²) in [6.45, 7) is 1.82. The van der Waals surface area contributed by atoms with Gasteiger partial charge < -0.3 is 4.74 Å². The van der Waals surface area contributed by atoms with Gasteiger partial charge in [-0.05, 0) is 30.7 Å². The predicted molar refractivity (Wildman–Crippen MR) is 84.9 cm³/mol. The summed E-state index contributed by atoms with van der Waals surface area (Å²) in [7, 11) is 0. The van der Waals surface area contributed by atoms with Gasteiger partial charge in [0.15, 0.2) is 5.78 Å². The summed E-state index contributed by atoms with van der Waals surface area (Å²) in [5.41, 5.74) is 1.43. The molecule has 110 valence electrons. The minimum Gasteiger partial charge on any atom is -0.492 e. The van der Waals surface area contributed by atoms with Crippen molar-refractivity contribution in [3.8, 4) is 5.75 Å². The lowest BCUT2D eigenvalue weighted by atomic mass is 10.0. The molecule has 1 unspecified atom stereocenters. The van der Waals surface area contributed by atoms with Gasteiger partial charge in [0, 0.05) is 11.2 Å². The fourth-order valence-electron chi connectivity index (χ4n) is 2.05. The standard InChI is InChI=1S/C17H16BrFO2/c1-12(20)16-9-15(19)7-8-17(16)21-11-14(10-18)13-5-3-2-4-6-13/h2-9,14H,10-11H2,1H3. The second-order valence-electron chi connectivity index (χ2n) is 4.77. The van der Waals surface area contributed by atoms with Crippen molar-refractivity contribution >= 4 is 21.7 Å². The van der Waals surface area contributed by atoms with Gasteiger partial charge in [-0.3, -0.25) is 4.79 Å². The monoisotopic (exact) mass is 350 g/mol. The molecule has 0 saturated heterocycles. The topological polar surface area (TPSA) is 26.3 Å². The zero-order valence-electron chi connectivity index (χ0n) is 11.7. The molecule has 4 heteroatoms. The Hall–Kier alpha value is -1.68. The van der Waals surface area contributed by atoms with Crippen LogP contribution in [0.25, 0.3) is 0 Å². The Bertz CT molecular complexity index is 613. The molecule has 0 amide bonds. The Labute approximate surface area is 132 Å². The molecule has 0 heterocycles. The lowest BCUT2D eigenvalue weighted by Gasteiger charge is -2.17. The van der Waals surface area contributed by atoms with Crippen molar-refractivity contribution in [2.75, 3.05) is 11.9 Å². The van der Waals surface area contributed by atoms with Gasteiger partial charge in [-0.1, -0.05) is 46.3 Å². The van der Waals surface area contributed by atoms with Gasteiger partial charge >= 0.3 is 0 Å². The summed E-state index contributed by atoms with van der Waals surface area (Å²) in [6.07, 6.45) is 0. The van der Waals surface area contributed by atoms with Crippen LogP contribution in [-0.2, 0) is 0 Å². The molecule has 2 aromatic carbocycles. The highest BCUT2D eigenvalue weighted by Crippen LogP contribution is 2.24. The van der Waals surface area contributed by atoms with Gasteiger partial charge in [-0.15, -0.1) is 0 Å². The number of Topliss-reactive ketones (excluding diaryl/α,β-unsaturated/α-hetero) is 1. The van der Waals surface area contributed by atoms with Crippen molar-refractivity contribution in [1.82, 2.24) is 0 Å². The first-order valence-electron chi connectivity index (χ1n) is 6.66. The van der Waals surface area contributed by atoms with E-state index in [-0.39, 0.29) is 17.3 Å². The summed E-state index contributed by atoms with van der Waals surface area (Å²) >= 11 is 3.48. The van der Waals surface area contributed by atoms with Crippen molar-refractivity contribution in [3.05, 3.63) is 65.5 Å². The van der Waals surface area contributed by atoms with Crippen LogP contribution in [0, 0.1) is 5.82 Å². The maximum Gasteiger partial charge on any atom is 0.163 e. The van der Waals surface area contributed by atoms with Crippen molar-refractivity contribution in [1.29, 1.82) is 0 Å². The number of hydrogen-bond acceptors (Lipinski definition) is 2. The minimum atomic E-state index is -0.437. The number of alkyl halides is 1. The first-order chi connectivity index (χ1) is 10.1. The van der Waals surface area contributed by atoms with E-state index in [0.717, 1.165) is 10.9 Å². The quantitative estimate of drug-likeness (QED) is 0.562. The third-order valence-corrected chi connectivity index (χ3v) is 4.00. The van der Waals surface area contributed by atoms with Crippen molar-refractivity contribution in [2.45, 2.75) is 12.8 Å². The lowest BCUT2D eigenvalue weighted by Crippen LogP contribution is -2.13. The van der Waals surface area contributed by atoms with Crippen molar-refractivity contribution < 1.29 is 13.9 Å². The van der Waals surface area contributed by atoms with Crippen LogP contribution in [0.1, 0.15) is 28.8 Å². The lowest BCUT2D eigenvalue weighted by molar-refractivity contribution is 0.101. The van der Waals surface area contributed by atoms with E-state index >= 15 is 0 Å². The fraction of sp³-hybridized carbons (Fsp3) is 0.235. The van der Waals surface area contributed by atoms with Gasteiger partial charge in [0.2, 0.25) is 0 Å². The average molecular weight is 351 g/mol. The van der Waals surface area contributed by atoms with E-state index in [1.807, 2.05) is 30.3 Å². The van der Waals surface area contributed by atoms with E-state index in [0.29, 0.717) is 12.4 Å². The van der Waals surface area contributed by atoms with Gasteiger partial charge in [-0.25, -0.2) is 4.39 Å². The smallest absolute Gasteiger partial charge is 0.163 e. The van der Waals surface area contributed by atoms with E-state index in [1.54, 1.807) is 0 Å². The van der Waals surface area contributed by atoms with Gasteiger partial charge in [-0.2, -0.15) is 0 Å². The molecule has 1 atom stereocenters. The molecular weight excluding hydrogens is 335 g/mol. The van der Waals surface area contributed by atoms with Gasteiger partial charge in [0.05, 0.1) is 12.2 Å². The molecule has 0 radical (unpaired) electrons. The summed E-state index contributed by atoms with van der Waals surface area (Å²) < 4.78 is 19.0. The third kappa shape index (κ3) is 4.14. The Morgan fingerprint density at radius 3 is 2.57 bits per heavy atom. The summed E-state index contributed by atoms with van der Waals surface area (Å²) in [6, 6.07) is 14.0. The number of ether oxygens (including phenoxy) is 1. The molecular formula is C17H16BrFO2. The minimum absolute atomic E-state index is 0.163. The number of carbonyl (C=O) groups excluding carboxylic acids is 1. The molecule has 0 aliphatic carbocycles. The number of halogens is 2. The van der Waals surface area contributed by atoms with Gasteiger partial charge in [0.1, 0.15) is 11.6 Å². The molecule has 2 aromatic rings. The SMILES string of the molecule is CC(=O)c1cc(F)ccc1OCC(CBr)c1ccccc1. The van der Waals surface area contributed by atoms with Crippen LogP contribution in [0.5, 0.6) is 5.75 Å². The highest BCUT2D eigenvalue weighted by atomic mass is 79.9. The maximum absolute atomic E-state index is 13.2. The van der Waals surface area contributed by atoms with Gasteiger partial charge in [0.25, 0.3) is 0 Å². The number of hydrogen-bond donors (Lipinski definition) is 0. The zero-order chi connectivity index (χ0) is 15.2. The van der Waals surface area contributed by atoms with E-state index in [4.69, 9.17) is 4.74 Å². The second kappa shape index (κ2) is 7.36. The normalized spacial score (nSPS) is 12.0. The molecule has 21 heavy (non-hydrogen) atoms. The first kappa shape index (κ1) is 15.7. The maximum atomic E-state index is 13.2. The predicted octanol–water partition coefficient (Wildman–Crippen LogP) is 4.59. The van der Waals surface area contributed by atoms with E-state index < -0.39 is 5.82 Å². The van der Waals surface area contributed by atoms with E-state index in [1.165, 1.54) is 25.1 Å². The fourth-order valence-corrected chi connectivity index (χ4v) is 2.61. The average Bonchev–Trinajstić information content (AvgIpc) is 2.50. The number of benzene rings is 2. The van der Waals surface area contributed by atoms with Crippen molar-refractivity contribution in [2.24, 2.45) is 0 Å². The van der Waals surface area contributed by atoms with Crippen LogP contribution >= 0.6 is 15.9 Å². The van der Waals surface area contributed by atoms with Crippen LogP contribution in [-0.4, -0.2) is 17.7 Å². The van der Waals surface area contributed by atoms with E-state index in [2.05, 4.69) is 15.9 Å². The number of ketones is 1. The van der Waals surface area contributed by atoms with Crippen LogP contribution in [0.2, 0.25) is 0 Å². The molecule has 0 N–H and O–H groups in total. The third-order valence-electron chi connectivity index (χ3n) is 3.22. The Kier molecular flexibility index (Phi) is 5.51. The number of carbonyl (C=O) groups is 1. The molecule has 2 rings (SSSR count). The van der Waals surface area contributed by atoms with Crippen LogP contribution in [0.3, 0.4) is 0 Å². The molecule has 0 bridgehead atoms. The summed E-state index contributed by atoms with van der Waals surface area (Å²) in [5, 5.41) is 0.744. The first-order valence-corrected chi connectivity index (χ1v) is 7.78. The molecule has 0 aliphatic rings. The van der Waals surface area contributed by atoms with Crippen LogP contribution in [0.4, 0.5) is 4.39 Å². The molecule has 0 aliphatic heterocycles. The van der Waals surface area contributed by atoms with Crippen LogP contribution in [0.15, 0.2) is 48.5 Å². The molecule has 0 saturated carbocycles.